The van der Waals surface area contributed by atoms with E-state index in [-0.39, 0.29) is 10.9 Å². The molecule has 0 N–H and O–H groups in total. The van der Waals surface area contributed by atoms with Gasteiger partial charge in [0.05, 0.1) is 5.52 Å². The van der Waals surface area contributed by atoms with E-state index in [4.69, 9.17) is 0 Å². The highest BCUT2D eigenvalue weighted by molar-refractivity contribution is 5.78. The number of hydrogen-bond acceptors (Lipinski definition) is 2. The molecule has 0 atom stereocenters. The highest BCUT2D eigenvalue weighted by atomic mass is 19.1. The van der Waals surface area contributed by atoms with E-state index in [1.54, 1.807) is 19.2 Å². The summed E-state index contributed by atoms with van der Waals surface area (Å²) in [5.74, 6) is 0.154. The van der Waals surface area contributed by atoms with Gasteiger partial charge in [-0.15, -0.1) is 0 Å². The Hall–Kier alpha value is -1.71. The van der Waals surface area contributed by atoms with E-state index in [2.05, 4.69) is 4.98 Å². The van der Waals surface area contributed by atoms with Crippen molar-refractivity contribution in [2.75, 3.05) is 0 Å². The summed E-state index contributed by atoms with van der Waals surface area (Å²) < 4.78 is 14.8. The number of rotatable bonds is 1. The van der Waals surface area contributed by atoms with Gasteiger partial charge in [0.1, 0.15) is 17.0 Å². The Labute approximate surface area is 86.2 Å². The number of aromatic nitrogens is 2. The molecule has 1 aromatic heterocycles. The van der Waals surface area contributed by atoms with E-state index in [0.29, 0.717) is 17.8 Å². The summed E-state index contributed by atoms with van der Waals surface area (Å²) in [6.45, 7) is 1.91. The van der Waals surface area contributed by atoms with Gasteiger partial charge in [-0.2, -0.15) is 0 Å². The van der Waals surface area contributed by atoms with Crippen LogP contribution >= 0.6 is 0 Å². The lowest BCUT2D eigenvalue weighted by Gasteiger charge is -2.07. The zero-order valence-electron chi connectivity index (χ0n) is 8.62. The SMILES string of the molecule is CCc1nc2cccc(F)c2c(=O)n1C. The smallest absolute Gasteiger partial charge is 0.264 e. The van der Waals surface area contributed by atoms with Crippen molar-refractivity contribution in [3.8, 4) is 0 Å². The number of hydrogen-bond donors (Lipinski definition) is 0. The molecule has 2 rings (SSSR count). The average molecular weight is 206 g/mol. The lowest BCUT2D eigenvalue weighted by molar-refractivity contribution is 0.634. The Morgan fingerprint density at radius 2 is 2.20 bits per heavy atom. The summed E-state index contributed by atoms with van der Waals surface area (Å²) in [5.41, 5.74) is 0.102. The first kappa shape index (κ1) is 9.83. The fraction of sp³-hybridized carbons (Fsp3) is 0.273. The van der Waals surface area contributed by atoms with Gasteiger partial charge in [0.15, 0.2) is 0 Å². The quantitative estimate of drug-likeness (QED) is 0.710. The van der Waals surface area contributed by atoms with Crippen molar-refractivity contribution >= 4 is 10.9 Å². The highest BCUT2D eigenvalue weighted by Gasteiger charge is 2.10. The fourth-order valence-electron chi connectivity index (χ4n) is 1.63. The third-order valence-electron chi connectivity index (χ3n) is 2.46. The van der Waals surface area contributed by atoms with Gasteiger partial charge in [-0.25, -0.2) is 9.37 Å². The molecule has 2 aromatic rings. The van der Waals surface area contributed by atoms with Gasteiger partial charge in [0.2, 0.25) is 0 Å². The topological polar surface area (TPSA) is 34.9 Å². The first-order valence-electron chi connectivity index (χ1n) is 4.79. The van der Waals surface area contributed by atoms with Crippen LogP contribution in [0.1, 0.15) is 12.7 Å². The van der Waals surface area contributed by atoms with Crippen LogP contribution in [0.2, 0.25) is 0 Å². The van der Waals surface area contributed by atoms with Crippen LogP contribution in [0.5, 0.6) is 0 Å². The summed E-state index contributed by atoms with van der Waals surface area (Å²) >= 11 is 0. The molecule has 0 fully saturated rings. The molecule has 0 unspecified atom stereocenters. The molecule has 78 valence electrons. The van der Waals surface area contributed by atoms with Crippen molar-refractivity contribution in [3.05, 3.63) is 40.2 Å². The van der Waals surface area contributed by atoms with Crippen molar-refractivity contribution in [2.24, 2.45) is 7.05 Å². The average Bonchev–Trinajstić information content (AvgIpc) is 2.23. The second-order valence-electron chi connectivity index (χ2n) is 3.38. The van der Waals surface area contributed by atoms with Gasteiger partial charge in [0, 0.05) is 13.5 Å². The molecule has 3 nitrogen and oxygen atoms in total. The van der Waals surface area contributed by atoms with Crippen LogP contribution in [-0.2, 0) is 13.5 Å². The van der Waals surface area contributed by atoms with Crippen molar-refractivity contribution in [3.63, 3.8) is 0 Å². The normalized spacial score (nSPS) is 10.9. The lowest BCUT2D eigenvalue weighted by Crippen LogP contribution is -2.22. The molecule has 0 aliphatic heterocycles. The van der Waals surface area contributed by atoms with Crippen LogP contribution in [0, 0.1) is 5.82 Å². The van der Waals surface area contributed by atoms with E-state index in [1.165, 1.54) is 10.6 Å². The molecular weight excluding hydrogens is 195 g/mol. The number of benzene rings is 1. The van der Waals surface area contributed by atoms with Crippen LogP contribution in [0.25, 0.3) is 10.9 Å². The van der Waals surface area contributed by atoms with E-state index in [1.807, 2.05) is 6.92 Å². The second kappa shape index (κ2) is 3.46. The molecule has 15 heavy (non-hydrogen) atoms. The van der Waals surface area contributed by atoms with Crippen LogP contribution in [-0.4, -0.2) is 9.55 Å². The Morgan fingerprint density at radius 1 is 1.47 bits per heavy atom. The Morgan fingerprint density at radius 3 is 2.87 bits per heavy atom. The van der Waals surface area contributed by atoms with Gasteiger partial charge in [-0.1, -0.05) is 13.0 Å². The molecule has 4 heteroatoms. The molecule has 0 amide bonds. The van der Waals surface area contributed by atoms with Crippen LogP contribution in [0.4, 0.5) is 4.39 Å². The predicted octanol–water partition coefficient (Wildman–Crippen LogP) is 1.63. The maximum Gasteiger partial charge on any atom is 0.264 e. The Balaban J connectivity index is 2.98. The minimum absolute atomic E-state index is 0.0669. The fourth-order valence-corrected chi connectivity index (χ4v) is 1.63. The second-order valence-corrected chi connectivity index (χ2v) is 3.38. The molecule has 0 saturated heterocycles. The number of nitrogens with zero attached hydrogens (tertiary/aromatic N) is 2. The summed E-state index contributed by atoms with van der Waals surface area (Å²) in [7, 11) is 1.61. The van der Waals surface area contributed by atoms with E-state index >= 15 is 0 Å². The van der Waals surface area contributed by atoms with Crippen molar-refractivity contribution in [1.82, 2.24) is 9.55 Å². The minimum Gasteiger partial charge on any atom is -0.299 e. The summed E-state index contributed by atoms with van der Waals surface area (Å²) in [6.07, 6.45) is 0.651. The molecular formula is C11H11FN2O. The molecule has 0 aliphatic rings. The summed E-state index contributed by atoms with van der Waals surface area (Å²) in [6, 6.07) is 4.49. The number of fused-ring (bicyclic) bond motifs is 1. The molecule has 0 radical (unpaired) electrons. The molecule has 1 aromatic carbocycles. The third-order valence-corrected chi connectivity index (χ3v) is 2.46. The van der Waals surface area contributed by atoms with Gasteiger partial charge in [-0.05, 0) is 12.1 Å². The van der Waals surface area contributed by atoms with Gasteiger partial charge in [-0.3, -0.25) is 9.36 Å². The monoisotopic (exact) mass is 206 g/mol. The predicted molar refractivity (Wildman–Crippen MR) is 56.3 cm³/mol. The standard InChI is InChI=1S/C11H11FN2O/c1-3-9-13-8-6-4-5-7(12)10(8)11(15)14(9)2/h4-6H,3H2,1-2H3. The molecule has 1 heterocycles. The summed E-state index contributed by atoms with van der Waals surface area (Å²) in [5, 5.41) is 0.0669. The van der Waals surface area contributed by atoms with Crippen LogP contribution in [0.3, 0.4) is 0 Å². The first-order chi connectivity index (χ1) is 7.15. The number of halogens is 1. The maximum absolute atomic E-state index is 13.4. The zero-order chi connectivity index (χ0) is 11.0. The van der Waals surface area contributed by atoms with Gasteiger partial charge in [0.25, 0.3) is 5.56 Å². The summed E-state index contributed by atoms with van der Waals surface area (Å²) in [4.78, 5) is 16.0. The van der Waals surface area contributed by atoms with Crippen LogP contribution in [0.15, 0.2) is 23.0 Å². The van der Waals surface area contributed by atoms with Gasteiger partial charge < -0.3 is 0 Å². The molecule has 0 spiro atoms. The van der Waals surface area contributed by atoms with Crippen molar-refractivity contribution in [2.45, 2.75) is 13.3 Å². The molecule has 0 aliphatic carbocycles. The number of aryl methyl sites for hydroxylation is 1. The van der Waals surface area contributed by atoms with Gasteiger partial charge >= 0.3 is 0 Å². The largest absolute Gasteiger partial charge is 0.299 e. The minimum atomic E-state index is -0.511. The zero-order valence-corrected chi connectivity index (χ0v) is 8.62. The van der Waals surface area contributed by atoms with Crippen molar-refractivity contribution in [1.29, 1.82) is 0 Å². The molecule has 0 saturated carbocycles. The first-order valence-corrected chi connectivity index (χ1v) is 4.79. The Kier molecular flexibility index (Phi) is 2.26. The Bertz CT molecular complexity index is 575. The third kappa shape index (κ3) is 1.42. The van der Waals surface area contributed by atoms with E-state index in [0.717, 1.165) is 0 Å². The lowest BCUT2D eigenvalue weighted by atomic mass is 10.2. The molecule has 0 bridgehead atoms. The maximum atomic E-state index is 13.4. The van der Waals surface area contributed by atoms with E-state index in [9.17, 15) is 9.18 Å². The van der Waals surface area contributed by atoms with E-state index < -0.39 is 5.82 Å². The van der Waals surface area contributed by atoms with Crippen molar-refractivity contribution < 1.29 is 4.39 Å². The van der Waals surface area contributed by atoms with Crippen LogP contribution < -0.4 is 5.56 Å². The highest BCUT2D eigenvalue weighted by Crippen LogP contribution is 2.11.